The van der Waals surface area contributed by atoms with Crippen molar-refractivity contribution in [3.63, 3.8) is 0 Å². The van der Waals surface area contributed by atoms with E-state index in [4.69, 9.17) is 9.47 Å². The van der Waals surface area contributed by atoms with Gasteiger partial charge in [0.05, 0.1) is 0 Å². The van der Waals surface area contributed by atoms with Crippen LogP contribution in [-0.4, -0.2) is 136 Å². The van der Waals surface area contributed by atoms with E-state index in [-0.39, 0.29) is 11.2 Å². The van der Waals surface area contributed by atoms with Crippen molar-refractivity contribution in [3.8, 4) is 11.5 Å². The molecule has 1 N–H and O–H groups in total. The molecule has 280 valence electrons. The van der Waals surface area contributed by atoms with E-state index in [1.54, 1.807) is 0 Å². The van der Waals surface area contributed by atoms with Crippen LogP contribution >= 0.6 is 15.9 Å². The highest BCUT2D eigenvalue weighted by atomic mass is 79.9. The van der Waals surface area contributed by atoms with Gasteiger partial charge in [-0.05, 0) is 81.7 Å². The second kappa shape index (κ2) is 15.8. The molecule has 2 aromatic carbocycles. The number of nitrogens with zero attached hydrogens (tertiary/aromatic N) is 5. The summed E-state index contributed by atoms with van der Waals surface area (Å²) in [5.41, 5.74) is 4.39. The van der Waals surface area contributed by atoms with Crippen LogP contribution in [0, 0.1) is 0 Å². The molecule has 6 aliphatic heterocycles. The van der Waals surface area contributed by atoms with Crippen molar-refractivity contribution in [2.75, 3.05) is 97.5 Å². The van der Waals surface area contributed by atoms with Gasteiger partial charge in [-0.25, -0.2) is 0 Å². The Kier molecular flexibility index (Phi) is 11.2. The lowest BCUT2D eigenvalue weighted by molar-refractivity contribution is -0.00769. The highest BCUT2D eigenvalue weighted by Crippen LogP contribution is 2.45. The van der Waals surface area contributed by atoms with Crippen molar-refractivity contribution in [3.05, 3.63) is 52.0 Å². The summed E-state index contributed by atoms with van der Waals surface area (Å²) in [6.45, 7) is 14.2. The van der Waals surface area contributed by atoms with Crippen LogP contribution in [0.2, 0.25) is 0 Å². The third kappa shape index (κ3) is 8.44. The monoisotopic (exact) mass is 762 g/mol. The zero-order valence-electron chi connectivity index (χ0n) is 31.5. The van der Waals surface area contributed by atoms with Crippen molar-refractivity contribution in [2.45, 2.75) is 100 Å². The topological polar surface area (TPSA) is 46.7 Å². The Morgan fingerprint density at radius 2 is 1.10 bits per heavy atom. The maximum atomic E-state index is 6.52. The average Bonchev–Trinajstić information content (AvgIpc) is 3.63. The van der Waals surface area contributed by atoms with Crippen molar-refractivity contribution in [2.24, 2.45) is 0 Å². The Morgan fingerprint density at radius 3 is 1.57 bits per heavy atom. The number of piperazine rings is 2. The minimum atomic E-state index is 0.0866. The van der Waals surface area contributed by atoms with Gasteiger partial charge in [-0.2, -0.15) is 0 Å². The Hall–Kier alpha value is -1.88. The number of anilines is 1. The Morgan fingerprint density at radius 1 is 0.608 bits per heavy atom. The van der Waals surface area contributed by atoms with E-state index in [1.807, 2.05) is 0 Å². The van der Waals surface area contributed by atoms with Gasteiger partial charge in [-0.1, -0.05) is 28.8 Å². The first kappa shape index (κ1) is 36.1. The number of hydrogen-bond acceptors (Lipinski definition) is 8. The zero-order valence-corrected chi connectivity index (χ0v) is 33.1. The number of benzene rings is 2. The number of hydrogen-bond donors (Lipinski definition) is 1. The second-order valence-electron chi connectivity index (χ2n) is 17.1. The molecule has 10 rings (SSSR count). The van der Waals surface area contributed by atoms with Gasteiger partial charge >= 0.3 is 0 Å². The van der Waals surface area contributed by atoms with E-state index in [0.717, 1.165) is 75.7 Å². The van der Waals surface area contributed by atoms with Gasteiger partial charge in [0.25, 0.3) is 0 Å². The van der Waals surface area contributed by atoms with Crippen LogP contribution in [0.4, 0.5) is 5.69 Å². The first-order valence-corrected chi connectivity index (χ1v) is 21.2. The van der Waals surface area contributed by atoms with Crippen LogP contribution in [0.3, 0.4) is 0 Å². The molecule has 9 heteroatoms. The smallest absolute Gasteiger partial charge is 0.123 e. The van der Waals surface area contributed by atoms with Gasteiger partial charge in [-0.15, -0.1) is 0 Å². The quantitative estimate of drug-likeness (QED) is 0.406. The molecule has 2 aliphatic carbocycles. The SMILES string of the molecule is Brc1ccc2c(c1)CC1(CCN(C3CCC3)CC1)O2.CN1CCN(c2ccc3c(c2)CC2(CCN(C4CCC4)CC2)O3)CC1.CN1CCNCC1. The van der Waals surface area contributed by atoms with E-state index >= 15 is 0 Å². The minimum Gasteiger partial charge on any atom is -0.487 e. The molecular formula is C42H63BrN6O2. The third-order valence-electron chi connectivity index (χ3n) is 13.6. The molecule has 51 heavy (non-hydrogen) atoms. The number of halogens is 1. The lowest BCUT2D eigenvalue weighted by atomic mass is 9.83. The van der Waals surface area contributed by atoms with Crippen molar-refractivity contribution in [1.29, 1.82) is 0 Å². The van der Waals surface area contributed by atoms with Gasteiger partial charge < -0.3 is 39.3 Å². The lowest BCUT2D eigenvalue weighted by Gasteiger charge is -2.45. The molecular weight excluding hydrogens is 700 g/mol. The fourth-order valence-corrected chi connectivity index (χ4v) is 9.92. The summed E-state index contributed by atoms with van der Waals surface area (Å²) in [5, 5.41) is 3.27. The molecule has 0 bridgehead atoms. The summed E-state index contributed by atoms with van der Waals surface area (Å²) in [4.78, 5) is 12.7. The number of rotatable bonds is 3. The molecule has 0 aromatic heterocycles. The lowest BCUT2D eigenvalue weighted by Crippen LogP contribution is -2.52. The van der Waals surface area contributed by atoms with Gasteiger partial charge in [0.2, 0.25) is 0 Å². The number of ether oxygens (including phenoxy) is 2. The number of piperidine rings is 2. The van der Waals surface area contributed by atoms with Crippen LogP contribution in [-0.2, 0) is 12.8 Å². The van der Waals surface area contributed by atoms with E-state index in [0.29, 0.717) is 0 Å². The number of likely N-dealkylation sites (tertiary alicyclic amines) is 2. The summed E-state index contributed by atoms with van der Waals surface area (Å²) in [7, 11) is 4.37. The fraction of sp³-hybridized carbons (Fsp3) is 0.714. The van der Waals surface area contributed by atoms with Crippen LogP contribution < -0.4 is 19.7 Å². The highest BCUT2D eigenvalue weighted by Gasteiger charge is 2.45. The largest absolute Gasteiger partial charge is 0.487 e. The molecule has 0 amide bonds. The van der Waals surface area contributed by atoms with Crippen molar-refractivity contribution >= 4 is 21.6 Å². The second-order valence-corrected chi connectivity index (χ2v) is 18.0. The van der Waals surface area contributed by atoms with Gasteiger partial charge in [0, 0.05) is 145 Å². The third-order valence-corrected chi connectivity index (χ3v) is 14.0. The molecule has 6 fully saturated rings. The molecule has 0 unspecified atom stereocenters. The molecule has 6 heterocycles. The fourth-order valence-electron chi connectivity index (χ4n) is 9.51. The first-order valence-electron chi connectivity index (χ1n) is 20.4. The summed E-state index contributed by atoms with van der Waals surface area (Å²) >= 11 is 3.56. The average molecular weight is 764 g/mol. The normalized spacial score (nSPS) is 26.5. The Bertz CT molecular complexity index is 1450. The maximum absolute atomic E-state index is 6.52. The first-order chi connectivity index (χ1) is 24.8. The van der Waals surface area contributed by atoms with Crippen LogP contribution in [0.25, 0.3) is 0 Å². The molecule has 2 spiro atoms. The van der Waals surface area contributed by atoms with Crippen LogP contribution in [0.1, 0.15) is 75.3 Å². The summed E-state index contributed by atoms with van der Waals surface area (Å²) in [5.74, 6) is 2.26. The molecule has 8 nitrogen and oxygen atoms in total. The van der Waals surface area contributed by atoms with E-state index in [2.05, 4.69) is 96.2 Å². The summed E-state index contributed by atoms with van der Waals surface area (Å²) < 4.78 is 14.0. The molecule has 0 atom stereocenters. The van der Waals surface area contributed by atoms with Crippen molar-refractivity contribution in [1.82, 2.24) is 24.9 Å². The van der Waals surface area contributed by atoms with E-state index < -0.39 is 0 Å². The molecule has 2 saturated carbocycles. The molecule has 4 saturated heterocycles. The molecule has 8 aliphatic rings. The zero-order chi connectivity index (χ0) is 34.8. The molecule has 0 radical (unpaired) electrons. The van der Waals surface area contributed by atoms with E-state index in [9.17, 15) is 0 Å². The number of nitrogens with one attached hydrogen (secondary N) is 1. The maximum Gasteiger partial charge on any atom is 0.123 e. The number of fused-ring (bicyclic) bond motifs is 2. The molecule has 2 aromatic rings. The predicted molar refractivity (Wildman–Crippen MR) is 212 cm³/mol. The van der Waals surface area contributed by atoms with Crippen LogP contribution in [0.5, 0.6) is 11.5 Å². The Labute approximate surface area is 316 Å². The van der Waals surface area contributed by atoms with E-state index in [1.165, 1.54) is 125 Å². The number of likely N-dealkylation sites (N-methyl/N-ethyl adjacent to an activating group) is 2. The minimum absolute atomic E-state index is 0.0866. The Balaban J connectivity index is 0.000000126. The standard InChI is InChI=1S/C21H31N3O.C16H20BrNO.C5H12N2/c1-22-11-13-24(14-12-22)19-5-6-20-17(15-19)16-21(25-20)7-9-23(10-8-21)18-3-2-4-18;17-13-4-5-15-12(10-13)11-16(19-15)6-8-18(9-7-16)14-2-1-3-14;1-7-4-2-6-3-5-7/h5-6,15,18H,2-4,7-14,16H2,1H3;4-5,10,14H,1-3,6-9,11H2;6H,2-5H2,1H3. The van der Waals surface area contributed by atoms with Crippen LogP contribution in [0.15, 0.2) is 40.9 Å². The predicted octanol–water partition coefficient (Wildman–Crippen LogP) is 6.05. The van der Waals surface area contributed by atoms with Gasteiger partial charge in [0.15, 0.2) is 0 Å². The summed E-state index contributed by atoms with van der Waals surface area (Å²) in [6, 6.07) is 15.1. The summed E-state index contributed by atoms with van der Waals surface area (Å²) in [6.07, 6.45) is 15.5. The van der Waals surface area contributed by atoms with Gasteiger partial charge in [0.1, 0.15) is 22.7 Å². The highest BCUT2D eigenvalue weighted by molar-refractivity contribution is 9.10. The van der Waals surface area contributed by atoms with Gasteiger partial charge in [-0.3, -0.25) is 0 Å². The van der Waals surface area contributed by atoms with Crippen molar-refractivity contribution < 1.29 is 9.47 Å².